The fourth-order valence-electron chi connectivity index (χ4n) is 8.72. The predicted molar refractivity (Wildman–Crippen MR) is 283 cm³/mol. The van der Waals surface area contributed by atoms with Gasteiger partial charge in [-0.3, -0.25) is 9.59 Å². The lowest BCUT2D eigenvalue weighted by atomic mass is 10.0. The number of esters is 1. The maximum Gasteiger partial charge on any atom is 0.305 e. The van der Waals surface area contributed by atoms with E-state index in [0.717, 1.165) is 70.6 Å². The molecule has 0 rings (SSSR count). The minimum Gasteiger partial charge on any atom is -0.466 e. The van der Waals surface area contributed by atoms with E-state index in [2.05, 4.69) is 55.6 Å². The topological polar surface area (TPSA) is 95.9 Å². The van der Waals surface area contributed by atoms with Crippen molar-refractivity contribution in [1.82, 2.24) is 5.32 Å². The molecule has 0 saturated carbocycles. The molecule has 0 aliphatic rings. The van der Waals surface area contributed by atoms with E-state index < -0.39 is 12.1 Å². The fourth-order valence-corrected chi connectivity index (χ4v) is 8.72. The smallest absolute Gasteiger partial charge is 0.305 e. The molecule has 0 bridgehead atoms. The molecule has 65 heavy (non-hydrogen) atoms. The van der Waals surface area contributed by atoms with Crippen LogP contribution < -0.4 is 5.32 Å². The van der Waals surface area contributed by atoms with E-state index in [1.54, 1.807) is 0 Å². The first kappa shape index (κ1) is 63.1. The Morgan fingerprint density at radius 1 is 0.431 bits per heavy atom. The third-order valence-corrected chi connectivity index (χ3v) is 13.2. The van der Waals surface area contributed by atoms with E-state index in [-0.39, 0.29) is 18.5 Å². The normalized spacial score (nSPS) is 12.9. The predicted octanol–water partition coefficient (Wildman–Crippen LogP) is 17.6. The number of hydrogen-bond acceptors (Lipinski definition) is 5. The summed E-state index contributed by atoms with van der Waals surface area (Å²) in [4.78, 5) is 24.5. The second kappa shape index (κ2) is 54.7. The average Bonchev–Trinajstić information content (AvgIpc) is 3.31. The molecule has 3 N–H and O–H groups in total. The third kappa shape index (κ3) is 51.3. The first-order valence-electron chi connectivity index (χ1n) is 28.7. The largest absolute Gasteiger partial charge is 0.466 e. The lowest BCUT2D eigenvalue weighted by Crippen LogP contribution is -2.45. The number of carbonyl (C=O) groups is 2. The molecular formula is C59H111NO5. The third-order valence-electron chi connectivity index (χ3n) is 13.2. The van der Waals surface area contributed by atoms with Crippen molar-refractivity contribution in [3.8, 4) is 0 Å². The van der Waals surface area contributed by atoms with Crippen LogP contribution in [0.4, 0.5) is 0 Å². The highest BCUT2D eigenvalue weighted by Gasteiger charge is 2.20. The van der Waals surface area contributed by atoms with Gasteiger partial charge >= 0.3 is 5.97 Å². The minimum atomic E-state index is -0.676. The van der Waals surface area contributed by atoms with Crippen LogP contribution in [0.3, 0.4) is 0 Å². The van der Waals surface area contributed by atoms with Crippen molar-refractivity contribution in [2.45, 2.75) is 315 Å². The molecule has 2 atom stereocenters. The number of amides is 1. The van der Waals surface area contributed by atoms with Crippen LogP contribution in [0.15, 0.2) is 36.5 Å². The molecule has 0 aromatic heterocycles. The molecule has 1 amide bonds. The molecule has 2 unspecified atom stereocenters. The molecule has 0 aromatic carbocycles. The number of carbonyl (C=O) groups excluding carboxylic acids is 2. The van der Waals surface area contributed by atoms with Crippen LogP contribution in [-0.2, 0) is 14.3 Å². The zero-order chi connectivity index (χ0) is 47.2. The molecule has 0 saturated heterocycles. The van der Waals surface area contributed by atoms with E-state index in [1.807, 2.05) is 0 Å². The van der Waals surface area contributed by atoms with Crippen LogP contribution in [0.5, 0.6) is 0 Å². The van der Waals surface area contributed by atoms with Gasteiger partial charge in [-0.25, -0.2) is 0 Å². The van der Waals surface area contributed by atoms with Gasteiger partial charge in [-0.05, 0) is 83.5 Å². The molecule has 0 spiro atoms. The molecule has 0 radical (unpaired) electrons. The minimum absolute atomic E-state index is 0.0168. The highest BCUT2D eigenvalue weighted by Crippen LogP contribution is 2.17. The Balaban J connectivity index is 3.48. The summed E-state index contributed by atoms with van der Waals surface area (Å²) in [6, 6.07) is -0.555. The maximum atomic E-state index is 12.5. The first-order valence-corrected chi connectivity index (χ1v) is 28.7. The Morgan fingerprint density at radius 2 is 0.769 bits per heavy atom. The van der Waals surface area contributed by atoms with E-state index in [4.69, 9.17) is 4.74 Å². The zero-order valence-corrected chi connectivity index (χ0v) is 43.5. The fraction of sp³-hybridized carbons (Fsp3) is 0.864. The van der Waals surface area contributed by atoms with Crippen LogP contribution in [0.1, 0.15) is 303 Å². The summed E-state index contributed by atoms with van der Waals surface area (Å²) in [5.41, 5.74) is 0. The van der Waals surface area contributed by atoms with Crippen molar-refractivity contribution < 1.29 is 24.5 Å². The molecule has 6 nitrogen and oxygen atoms in total. The summed E-state index contributed by atoms with van der Waals surface area (Å²) in [6.07, 6.45) is 67.0. The van der Waals surface area contributed by atoms with E-state index in [0.29, 0.717) is 25.9 Å². The van der Waals surface area contributed by atoms with Gasteiger partial charge in [-0.15, -0.1) is 0 Å². The monoisotopic (exact) mass is 914 g/mol. The standard InChI is InChI=1S/C59H111NO5/c1-3-5-7-9-11-13-15-17-19-20-24-27-31-35-39-43-47-51-57(62)56(55-61)60-58(63)52-48-44-40-36-32-28-25-21-22-26-30-34-38-42-46-50-54-65-59(64)53-49-45-41-37-33-29-23-18-16-14-12-10-8-6-4-2/h12,14,18,21,23,25,56-57,61-62H,3-11,13,15-17,19-20,22,24,26-55H2,1-2H3,(H,60,63)/b14-12-,23-18-,25-21-. The van der Waals surface area contributed by atoms with Crippen molar-refractivity contribution in [2.24, 2.45) is 0 Å². The molecular weight excluding hydrogens is 803 g/mol. The van der Waals surface area contributed by atoms with E-state index in [9.17, 15) is 19.8 Å². The van der Waals surface area contributed by atoms with Gasteiger partial charge in [0.15, 0.2) is 0 Å². The zero-order valence-electron chi connectivity index (χ0n) is 43.5. The van der Waals surface area contributed by atoms with Gasteiger partial charge in [0.05, 0.1) is 25.4 Å². The number of nitrogens with one attached hydrogen (secondary N) is 1. The van der Waals surface area contributed by atoms with Gasteiger partial charge in [-0.2, -0.15) is 0 Å². The van der Waals surface area contributed by atoms with Gasteiger partial charge in [0, 0.05) is 12.8 Å². The van der Waals surface area contributed by atoms with Crippen molar-refractivity contribution in [3.63, 3.8) is 0 Å². The molecule has 382 valence electrons. The van der Waals surface area contributed by atoms with Crippen molar-refractivity contribution in [2.75, 3.05) is 13.2 Å². The molecule has 0 aliphatic carbocycles. The van der Waals surface area contributed by atoms with Crippen molar-refractivity contribution in [3.05, 3.63) is 36.5 Å². The highest BCUT2D eigenvalue weighted by molar-refractivity contribution is 5.76. The van der Waals surface area contributed by atoms with Crippen LogP contribution in [0.25, 0.3) is 0 Å². The average molecular weight is 915 g/mol. The summed E-state index contributed by atoms with van der Waals surface area (Å²) < 4.78 is 5.46. The Hall–Kier alpha value is -1.92. The highest BCUT2D eigenvalue weighted by atomic mass is 16.5. The quantitative estimate of drug-likeness (QED) is 0.0321. The second-order valence-electron chi connectivity index (χ2n) is 19.6. The molecule has 0 aromatic rings. The van der Waals surface area contributed by atoms with Crippen LogP contribution >= 0.6 is 0 Å². The summed E-state index contributed by atoms with van der Waals surface area (Å²) in [7, 11) is 0. The molecule has 0 aliphatic heterocycles. The summed E-state index contributed by atoms with van der Waals surface area (Å²) in [6.45, 7) is 4.90. The van der Waals surface area contributed by atoms with Gasteiger partial charge in [0.2, 0.25) is 5.91 Å². The number of aliphatic hydroxyl groups excluding tert-OH is 2. The molecule has 0 heterocycles. The number of aliphatic hydroxyl groups is 2. The van der Waals surface area contributed by atoms with Crippen LogP contribution in [0.2, 0.25) is 0 Å². The lowest BCUT2D eigenvalue weighted by Gasteiger charge is -2.22. The van der Waals surface area contributed by atoms with E-state index >= 15 is 0 Å². The summed E-state index contributed by atoms with van der Waals surface area (Å²) in [5, 5.41) is 23.3. The van der Waals surface area contributed by atoms with Gasteiger partial charge in [-0.1, -0.05) is 243 Å². The lowest BCUT2D eigenvalue weighted by molar-refractivity contribution is -0.143. The Morgan fingerprint density at radius 3 is 1.22 bits per heavy atom. The molecule has 0 fully saturated rings. The summed E-state index contributed by atoms with van der Waals surface area (Å²) >= 11 is 0. The number of unbranched alkanes of at least 4 members (excludes halogenated alkanes) is 36. The van der Waals surface area contributed by atoms with Gasteiger partial charge < -0.3 is 20.3 Å². The van der Waals surface area contributed by atoms with Crippen molar-refractivity contribution >= 4 is 11.9 Å². The number of rotatable bonds is 53. The number of hydrogen-bond donors (Lipinski definition) is 3. The maximum absolute atomic E-state index is 12.5. The Kier molecular flexibility index (Phi) is 53.1. The second-order valence-corrected chi connectivity index (χ2v) is 19.6. The molecule has 6 heteroatoms. The van der Waals surface area contributed by atoms with Gasteiger partial charge in [0.1, 0.15) is 0 Å². The van der Waals surface area contributed by atoms with Crippen molar-refractivity contribution in [1.29, 1.82) is 0 Å². The number of ether oxygens (including phenoxy) is 1. The first-order chi connectivity index (χ1) is 32.0. The Labute approximate surface area is 404 Å². The van der Waals surface area contributed by atoms with E-state index in [1.165, 1.54) is 199 Å². The number of allylic oxidation sites excluding steroid dienone is 6. The SMILES string of the molecule is CCCCC/C=C\C/C=C\CCCCCCCC(=O)OCCCCCCCCC/C=C\CCCCCCCC(=O)NC(CO)C(O)CCCCCCCCCCCCCCCCCCC. The Bertz CT molecular complexity index is 1060. The van der Waals surface area contributed by atoms with Crippen LogP contribution in [-0.4, -0.2) is 47.4 Å². The van der Waals surface area contributed by atoms with Gasteiger partial charge in [0.25, 0.3) is 0 Å². The van der Waals surface area contributed by atoms with Crippen LogP contribution in [0, 0.1) is 0 Å². The summed E-state index contributed by atoms with van der Waals surface area (Å²) in [5.74, 6) is -0.0682.